The Morgan fingerprint density at radius 3 is 2.28 bits per heavy atom. The van der Waals surface area contributed by atoms with Gasteiger partial charge in [0.1, 0.15) is 35.1 Å². The minimum Gasteiger partial charge on any atom is -0.508 e. The van der Waals surface area contributed by atoms with Gasteiger partial charge in [-0.2, -0.15) is 0 Å². The molecule has 1 saturated heterocycles. The van der Waals surface area contributed by atoms with Crippen molar-refractivity contribution in [2.45, 2.75) is 30.2 Å². The molecule has 2 aromatic rings. The van der Waals surface area contributed by atoms with E-state index in [1.165, 1.54) is 18.2 Å². The summed E-state index contributed by atoms with van der Waals surface area (Å²) >= 11 is 0. The molecule has 3 rings (SSSR count). The maximum Gasteiger partial charge on any atom is 0.336 e. The van der Waals surface area contributed by atoms with Gasteiger partial charge in [-0.05, 0) is 35.9 Å². The molecule has 9 nitrogen and oxygen atoms in total. The highest BCUT2D eigenvalue weighted by atomic mass is 16.7. The molecule has 1 aliphatic heterocycles. The van der Waals surface area contributed by atoms with Crippen molar-refractivity contribution < 1.29 is 44.9 Å². The molecule has 154 valence electrons. The van der Waals surface area contributed by atoms with Crippen LogP contribution in [-0.4, -0.2) is 66.8 Å². The third-order valence-electron chi connectivity index (χ3n) is 4.45. The lowest BCUT2D eigenvalue weighted by Gasteiger charge is -2.45. The van der Waals surface area contributed by atoms with Crippen LogP contribution in [0, 0.1) is 0 Å². The quantitative estimate of drug-likeness (QED) is 0.416. The molecular weight excluding hydrogens is 384 g/mol. The van der Waals surface area contributed by atoms with E-state index in [0.29, 0.717) is 0 Å². The molecule has 9 heteroatoms. The van der Waals surface area contributed by atoms with E-state index in [4.69, 9.17) is 9.47 Å². The minimum atomic E-state index is -2.52. The van der Waals surface area contributed by atoms with E-state index in [2.05, 4.69) is 0 Å². The summed E-state index contributed by atoms with van der Waals surface area (Å²) in [5.41, 5.74) is -2.31. The Balaban J connectivity index is 1.89. The summed E-state index contributed by atoms with van der Waals surface area (Å²) in [6.07, 6.45) is -5.19. The second-order valence-electron chi connectivity index (χ2n) is 6.59. The number of rotatable bonds is 5. The summed E-state index contributed by atoms with van der Waals surface area (Å²) in [5.74, 6) is -1.85. The van der Waals surface area contributed by atoms with E-state index in [0.717, 1.165) is 12.1 Å². The number of benzene rings is 2. The van der Waals surface area contributed by atoms with Gasteiger partial charge < -0.3 is 40.1 Å². The highest BCUT2D eigenvalue weighted by Gasteiger charge is 2.57. The number of phenols is 2. The summed E-state index contributed by atoms with van der Waals surface area (Å²) in [5, 5.41) is 60.2. The largest absolute Gasteiger partial charge is 0.508 e. The number of carbonyl (C=O) groups is 1. The van der Waals surface area contributed by atoms with Gasteiger partial charge in [0.05, 0.1) is 0 Å². The van der Waals surface area contributed by atoms with E-state index >= 15 is 0 Å². The summed E-state index contributed by atoms with van der Waals surface area (Å²) in [7, 11) is 0. The molecule has 5 atom stereocenters. The lowest BCUT2D eigenvalue weighted by Crippen LogP contribution is -2.68. The van der Waals surface area contributed by atoms with Gasteiger partial charge in [-0.25, -0.2) is 4.79 Å². The van der Waals surface area contributed by atoms with Crippen LogP contribution in [0.5, 0.6) is 17.2 Å². The highest BCUT2D eigenvalue weighted by molar-refractivity contribution is 5.76. The SMILES string of the molecule is O=C(O)[C@H]1O[C@@H](Oc2ccccc2)[C@H](O)[C@@H](O)[C@@]1(O)/C=C\c1cc(O)cc(O)c1. The lowest BCUT2D eigenvalue weighted by molar-refractivity contribution is -0.291. The molecule has 0 radical (unpaired) electrons. The summed E-state index contributed by atoms with van der Waals surface area (Å²) in [4.78, 5) is 11.7. The van der Waals surface area contributed by atoms with Crippen LogP contribution in [-0.2, 0) is 9.53 Å². The van der Waals surface area contributed by atoms with Crippen LogP contribution in [0.1, 0.15) is 5.56 Å². The minimum absolute atomic E-state index is 0.212. The Morgan fingerprint density at radius 2 is 1.69 bits per heavy atom. The zero-order chi connectivity index (χ0) is 21.2. The molecule has 6 N–H and O–H groups in total. The molecule has 2 aromatic carbocycles. The van der Waals surface area contributed by atoms with Gasteiger partial charge >= 0.3 is 5.97 Å². The first-order valence-electron chi connectivity index (χ1n) is 8.61. The first-order valence-corrected chi connectivity index (χ1v) is 8.61. The monoisotopic (exact) mass is 404 g/mol. The number of carboxylic acid groups (broad SMARTS) is 1. The number of para-hydroxylation sites is 1. The highest BCUT2D eigenvalue weighted by Crippen LogP contribution is 2.34. The van der Waals surface area contributed by atoms with Crippen LogP contribution in [0.25, 0.3) is 6.08 Å². The normalized spacial score (nSPS) is 29.6. The zero-order valence-corrected chi connectivity index (χ0v) is 15.0. The average molecular weight is 404 g/mol. The average Bonchev–Trinajstić information content (AvgIpc) is 2.67. The number of ether oxygens (including phenoxy) is 2. The molecule has 29 heavy (non-hydrogen) atoms. The number of hydrogen-bond donors (Lipinski definition) is 6. The molecule has 0 amide bonds. The number of aliphatic hydroxyl groups excluding tert-OH is 2. The standard InChI is InChI=1S/C20H20O9/c21-12-8-11(9-13(22)10-12)6-7-20(27)16(24)15(23)19(29-17(20)18(25)26)28-14-4-2-1-3-5-14/h1-10,15-17,19,21-24,27H,(H,25,26)/b7-6-/t15-,16-,17-,19-,20+/m1/s1. The molecule has 1 fully saturated rings. The Morgan fingerprint density at radius 1 is 1.07 bits per heavy atom. The second kappa shape index (κ2) is 8.10. The van der Waals surface area contributed by atoms with Gasteiger partial charge in [0.2, 0.25) is 6.29 Å². The molecule has 0 saturated carbocycles. The predicted octanol–water partition coefficient (Wildman–Crippen LogP) is 0.452. The van der Waals surface area contributed by atoms with Crippen molar-refractivity contribution in [3.8, 4) is 17.2 Å². The maximum absolute atomic E-state index is 11.7. The third kappa shape index (κ3) is 4.33. The van der Waals surface area contributed by atoms with Crippen molar-refractivity contribution in [3.63, 3.8) is 0 Å². The van der Waals surface area contributed by atoms with Crippen molar-refractivity contribution in [1.82, 2.24) is 0 Å². The molecule has 0 bridgehead atoms. The van der Waals surface area contributed by atoms with Crippen LogP contribution in [0.3, 0.4) is 0 Å². The van der Waals surface area contributed by atoms with Gasteiger partial charge in [0.25, 0.3) is 0 Å². The third-order valence-corrected chi connectivity index (χ3v) is 4.45. The van der Waals surface area contributed by atoms with E-state index < -0.39 is 36.2 Å². The van der Waals surface area contributed by atoms with Crippen molar-refractivity contribution in [2.75, 3.05) is 0 Å². The number of carboxylic acids is 1. The van der Waals surface area contributed by atoms with Gasteiger partial charge in [-0.1, -0.05) is 24.3 Å². The smallest absolute Gasteiger partial charge is 0.336 e. The van der Waals surface area contributed by atoms with Crippen molar-refractivity contribution >= 4 is 12.0 Å². The number of phenolic OH excluding ortho intramolecular Hbond substituents is 2. The first-order chi connectivity index (χ1) is 13.7. The molecular formula is C20H20O9. The Kier molecular flexibility index (Phi) is 5.76. The number of aromatic hydroxyl groups is 2. The fourth-order valence-electron chi connectivity index (χ4n) is 3.02. The van der Waals surface area contributed by atoms with Gasteiger partial charge in [0, 0.05) is 6.07 Å². The molecule has 0 unspecified atom stereocenters. The number of aliphatic hydroxyl groups is 3. The lowest BCUT2D eigenvalue weighted by atomic mass is 9.83. The van der Waals surface area contributed by atoms with Gasteiger partial charge in [-0.3, -0.25) is 0 Å². The van der Waals surface area contributed by atoms with Gasteiger partial charge in [-0.15, -0.1) is 0 Å². The fourth-order valence-corrected chi connectivity index (χ4v) is 3.02. The van der Waals surface area contributed by atoms with Crippen molar-refractivity contribution in [2.24, 2.45) is 0 Å². The Hall–Kier alpha value is -3.11. The molecule has 0 spiro atoms. The van der Waals surface area contributed by atoms with Crippen LogP contribution in [0.15, 0.2) is 54.6 Å². The van der Waals surface area contributed by atoms with E-state index in [1.807, 2.05) is 0 Å². The fraction of sp³-hybridized carbons (Fsp3) is 0.250. The van der Waals surface area contributed by atoms with Crippen LogP contribution >= 0.6 is 0 Å². The van der Waals surface area contributed by atoms with Crippen LogP contribution < -0.4 is 4.74 Å². The molecule has 1 aliphatic rings. The zero-order valence-electron chi connectivity index (χ0n) is 15.0. The molecule has 0 aliphatic carbocycles. The van der Waals surface area contributed by atoms with E-state index in [9.17, 15) is 35.4 Å². The Labute approximate surface area is 165 Å². The summed E-state index contributed by atoms with van der Waals surface area (Å²) in [6.45, 7) is 0. The summed E-state index contributed by atoms with van der Waals surface area (Å²) in [6, 6.07) is 11.7. The Bertz CT molecular complexity index is 878. The number of aliphatic carboxylic acids is 1. The summed E-state index contributed by atoms with van der Waals surface area (Å²) < 4.78 is 10.7. The maximum atomic E-state index is 11.7. The van der Waals surface area contributed by atoms with Gasteiger partial charge in [0.15, 0.2) is 6.10 Å². The van der Waals surface area contributed by atoms with Crippen molar-refractivity contribution in [1.29, 1.82) is 0 Å². The van der Waals surface area contributed by atoms with Crippen molar-refractivity contribution in [3.05, 3.63) is 60.2 Å². The van der Waals surface area contributed by atoms with E-state index in [1.54, 1.807) is 30.3 Å². The topological polar surface area (TPSA) is 157 Å². The molecule has 1 heterocycles. The number of hydrogen-bond acceptors (Lipinski definition) is 8. The predicted molar refractivity (Wildman–Crippen MR) is 99.1 cm³/mol. The van der Waals surface area contributed by atoms with E-state index in [-0.39, 0.29) is 22.8 Å². The second-order valence-corrected chi connectivity index (χ2v) is 6.59. The first kappa shape index (κ1) is 20.6. The molecule has 0 aromatic heterocycles. The van der Waals surface area contributed by atoms with Crippen LogP contribution in [0.2, 0.25) is 0 Å². The van der Waals surface area contributed by atoms with Crippen LogP contribution in [0.4, 0.5) is 0 Å².